The van der Waals surface area contributed by atoms with Crippen molar-refractivity contribution >= 4 is 40.8 Å². The summed E-state index contributed by atoms with van der Waals surface area (Å²) < 4.78 is 0. The lowest BCUT2D eigenvalue weighted by atomic mass is 10.0. The summed E-state index contributed by atoms with van der Waals surface area (Å²) in [6.45, 7) is 3.61. The summed E-state index contributed by atoms with van der Waals surface area (Å²) in [5, 5.41) is 9.11. The molecule has 184 valence electrons. The Morgan fingerprint density at radius 2 is 0.974 bits per heavy atom. The molecule has 3 heteroatoms. The second-order valence-corrected chi connectivity index (χ2v) is 8.91. The van der Waals surface area contributed by atoms with Gasteiger partial charge in [0.25, 0.3) is 0 Å². The summed E-state index contributed by atoms with van der Waals surface area (Å²) in [4.78, 5) is 13.4. The van der Waals surface area contributed by atoms with E-state index in [-0.39, 0.29) is 5.57 Å². The summed E-state index contributed by atoms with van der Waals surface area (Å²) >= 11 is 0. The van der Waals surface area contributed by atoms with Crippen LogP contribution >= 0.6 is 0 Å². The quantitative estimate of drug-likeness (QED) is 0.173. The Kier molecular flexibility index (Phi) is 7.28. The van der Waals surface area contributed by atoms with Crippen LogP contribution in [0.4, 0.5) is 17.1 Å². The number of carbonyl (C=O) groups is 1. The Balaban J connectivity index is 1.38. The molecule has 5 rings (SSSR count). The monoisotopic (exact) mass is 493 g/mol. The summed E-state index contributed by atoms with van der Waals surface area (Å²) in [7, 11) is 0. The van der Waals surface area contributed by atoms with Crippen LogP contribution in [0.2, 0.25) is 0 Å². The second kappa shape index (κ2) is 11.3. The van der Waals surface area contributed by atoms with Crippen LogP contribution in [0.25, 0.3) is 28.9 Å². The molecule has 0 atom stereocenters. The van der Waals surface area contributed by atoms with Gasteiger partial charge in [-0.15, -0.1) is 0 Å². The minimum Gasteiger partial charge on any atom is -0.478 e. The highest BCUT2D eigenvalue weighted by Gasteiger charge is 2.12. The average Bonchev–Trinajstić information content (AvgIpc) is 2.98. The van der Waals surface area contributed by atoms with Gasteiger partial charge in [0.15, 0.2) is 0 Å². The van der Waals surface area contributed by atoms with Gasteiger partial charge in [-0.25, -0.2) is 4.79 Å². The number of anilines is 3. The van der Waals surface area contributed by atoms with Gasteiger partial charge in [0.05, 0.1) is 5.57 Å². The second-order valence-electron chi connectivity index (χ2n) is 8.91. The number of rotatable bonds is 8. The predicted octanol–water partition coefficient (Wildman–Crippen LogP) is 9.09. The Hall–Kier alpha value is -5.15. The highest BCUT2D eigenvalue weighted by Crippen LogP contribution is 2.35. The zero-order valence-corrected chi connectivity index (χ0v) is 20.9. The topological polar surface area (TPSA) is 40.5 Å². The number of carboxylic acid groups (broad SMARTS) is 1. The van der Waals surface area contributed by atoms with Gasteiger partial charge in [-0.3, -0.25) is 0 Å². The molecule has 0 amide bonds. The molecule has 0 aliphatic rings. The molecule has 38 heavy (non-hydrogen) atoms. The van der Waals surface area contributed by atoms with Crippen molar-refractivity contribution in [2.75, 3.05) is 4.90 Å². The SMILES string of the molecule is C=C(C(=O)O)c1ccc(C=Cc2ccc(N(c3ccccc3)c3ccc(-c4ccccc4)cc3)cc2)cc1. The van der Waals surface area contributed by atoms with Crippen LogP contribution in [0.5, 0.6) is 0 Å². The number of hydrogen-bond acceptors (Lipinski definition) is 2. The molecule has 5 aromatic rings. The van der Waals surface area contributed by atoms with E-state index in [1.54, 1.807) is 12.1 Å². The first-order valence-electron chi connectivity index (χ1n) is 12.4. The predicted molar refractivity (Wildman–Crippen MR) is 159 cm³/mol. The number of carboxylic acids is 1. The molecule has 0 heterocycles. The fraction of sp³-hybridized carbons (Fsp3) is 0. The summed E-state index contributed by atoms with van der Waals surface area (Å²) in [6, 6.07) is 45.2. The highest BCUT2D eigenvalue weighted by atomic mass is 16.4. The number of benzene rings is 5. The molecule has 0 aliphatic heterocycles. The van der Waals surface area contributed by atoms with Crippen molar-refractivity contribution in [2.24, 2.45) is 0 Å². The van der Waals surface area contributed by atoms with E-state index >= 15 is 0 Å². The molecular weight excluding hydrogens is 466 g/mol. The molecule has 0 radical (unpaired) electrons. The van der Waals surface area contributed by atoms with Crippen molar-refractivity contribution in [3.05, 3.63) is 157 Å². The molecular formula is C35H27NO2. The third-order valence-corrected chi connectivity index (χ3v) is 6.38. The molecule has 0 unspecified atom stereocenters. The third kappa shape index (κ3) is 5.63. The first-order valence-corrected chi connectivity index (χ1v) is 12.4. The van der Waals surface area contributed by atoms with Crippen LogP contribution in [-0.4, -0.2) is 11.1 Å². The first-order chi connectivity index (χ1) is 18.6. The van der Waals surface area contributed by atoms with E-state index in [4.69, 9.17) is 5.11 Å². The molecule has 5 aromatic carbocycles. The van der Waals surface area contributed by atoms with Gasteiger partial charge >= 0.3 is 5.97 Å². The minimum atomic E-state index is -1.01. The normalized spacial score (nSPS) is 10.8. The van der Waals surface area contributed by atoms with Crippen molar-refractivity contribution in [1.82, 2.24) is 0 Å². The molecule has 0 aliphatic carbocycles. The van der Waals surface area contributed by atoms with E-state index in [9.17, 15) is 4.79 Å². The largest absolute Gasteiger partial charge is 0.478 e. The van der Waals surface area contributed by atoms with E-state index in [1.165, 1.54) is 11.1 Å². The summed E-state index contributed by atoms with van der Waals surface area (Å²) in [6.07, 6.45) is 4.06. The van der Waals surface area contributed by atoms with Crippen molar-refractivity contribution < 1.29 is 9.90 Å². The van der Waals surface area contributed by atoms with Gasteiger partial charge in [-0.05, 0) is 64.2 Å². The van der Waals surface area contributed by atoms with Crippen LogP contribution in [0.1, 0.15) is 16.7 Å². The lowest BCUT2D eigenvalue weighted by molar-refractivity contribution is -0.130. The van der Waals surface area contributed by atoms with Gasteiger partial charge < -0.3 is 10.0 Å². The molecule has 0 saturated carbocycles. The Morgan fingerprint density at radius 3 is 1.50 bits per heavy atom. The number of aliphatic carboxylic acids is 1. The molecule has 0 aromatic heterocycles. The van der Waals surface area contributed by atoms with Gasteiger partial charge in [0, 0.05) is 17.1 Å². The maximum absolute atomic E-state index is 11.1. The zero-order valence-electron chi connectivity index (χ0n) is 20.9. The van der Waals surface area contributed by atoms with Crippen LogP contribution in [0, 0.1) is 0 Å². The van der Waals surface area contributed by atoms with Crippen molar-refractivity contribution in [3.63, 3.8) is 0 Å². The van der Waals surface area contributed by atoms with E-state index in [0.29, 0.717) is 5.56 Å². The summed E-state index contributed by atoms with van der Waals surface area (Å²) in [5.74, 6) is -1.01. The van der Waals surface area contributed by atoms with Gasteiger partial charge in [0.2, 0.25) is 0 Å². The maximum atomic E-state index is 11.1. The minimum absolute atomic E-state index is 0.0915. The van der Waals surface area contributed by atoms with Crippen LogP contribution in [0.3, 0.4) is 0 Å². The zero-order chi connectivity index (χ0) is 26.3. The fourth-order valence-electron chi connectivity index (χ4n) is 4.30. The van der Waals surface area contributed by atoms with Gasteiger partial charge in [-0.2, -0.15) is 0 Å². The van der Waals surface area contributed by atoms with Gasteiger partial charge in [0.1, 0.15) is 0 Å². The smallest absolute Gasteiger partial charge is 0.335 e. The number of para-hydroxylation sites is 1. The van der Waals surface area contributed by atoms with E-state index in [1.807, 2.05) is 36.4 Å². The maximum Gasteiger partial charge on any atom is 0.335 e. The van der Waals surface area contributed by atoms with Crippen LogP contribution in [-0.2, 0) is 4.79 Å². The van der Waals surface area contributed by atoms with Crippen LogP contribution in [0.15, 0.2) is 140 Å². The van der Waals surface area contributed by atoms with Crippen molar-refractivity contribution in [1.29, 1.82) is 0 Å². The molecule has 0 bridgehead atoms. The number of hydrogen-bond donors (Lipinski definition) is 1. The molecule has 0 fully saturated rings. The third-order valence-electron chi connectivity index (χ3n) is 6.38. The first kappa shape index (κ1) is 24.5. The van der Waals surface area contributed by atoms with E-state index in [2.05, 4.69) is 109 Å². The van der Waals surface area contributed by atoms with Gasteiger partial charge in [-0.1, -0.05) is 116 Å². The van der Waals surface area contributed by atoms with Crippen LogP contribution < -0.4 is 4.90 Å². The van der Waals surface area contributed by atoms with Crippen molar-refractivity contribution in [2.45, 2.75) is 0 Å². The molecule has 3 nitrogen and oxygen atoms in total. The lowest BCUT2D eigenvalue weighted by Crippen LogP contribution is -2.09. The fourth-order valence-corrected chi connectivity index (χ4v) is 4.30. The van der Waals surface area contributed by atoms with E-state index in [0.717, 1.165) is 28.2 Å². The van der Waals surface area contributed by atoms with E-state index < -0.39 is 5.97 Å². The highest BCUT2D eigenvalue weighted by molar-refractivity contribution is 6.14. The standard InChI is InChI=1S/C35H27NO2/c1-26(35(37)38)29-18-14-27(15-19-29)12-13-28-16-22-33(23-17-28)36(32-10-6-3-7-11-32)34-24-20-31(21-25-34)30-8-4-2-5-9-30/h2-25H,1H2,(H,37,38). The Morgan fingerprint density at radius 1 is 0.553 bits per heavy atom. The molecule has 0 spiro atoms. The Labute approximate surface area is 223 Å². The molecule has 1 N–H and O–H groups in total. The lowest BCUT2D eigenvalue weighted by Gasteiger charge is -2.25. The number of nitrogens with zero attached hydrogens (tertiary/aromatic N) is 1. The molecule has 0 saturated heterocycles. The average molecular weight is 494 g/mol. The summed E-state index contributed by atoms with van der Waals surface area (Å²) in [5.41, 5.74) is 8.38. The van der Waals surface area contributed by atoms with Crippen molar-refractivity contribution in [3.8, 4) is 11.1 Å². The Bertz CT molecular complexity index is 1550.